The smallest absolute Gasteiger partial charge is 0.314 e. The fraction of sp³-hybridized carbons (Fsp3) is 0.522. The number of carbonyl (C=O) groups excluding carboxylic acids is 1. The number of likely N-dealkylation sites (tertiary alicyclic amines) is 1. The first kappa shape index (κ1) is 19.4. The van der Waals surface area contributed by atoms with E-state index in [9.17, 15) is 13.6 Å². The SMILES string of the molecule is CC1(C)[C@H]2CC[C@]1([C@H]1CCCN(C(N)=O)C1)c1nnc(-c3c(F)cccc3F)cc12. The number of nitrogens with zero attached hydrogens (tertiary/aromatic N) is 3. The third-order valence-corrected chi connectivity index (χ3v) is 8.12. The lowest BCUT2D eigenvalue weighted by atomic mass is 9.59. The zero-order chi connectivity index (χ0) is 21.3. The van der Waals surface area contributed by atoms with Gasteiger partial charge in [0.1, 0.15) is 11.6 Å². The van der Waals surface area contributed by atoms with E-state index in [0.717, 1.165) is 36.9 Å². The van der Waals surface area contributed by atoms with E-state index in [0.29, 0.717) is 13.1 Å². The van der Waals surface area contributed by atoms with Crippen LogP contribution in [0.5, 0.6) is 0 Å². The van der Waals surface area contributed by atoms with Gasteiger partial charge in [-0.25, -0.2) is 13.6 Å². The van der Waals surface area contributed by atoms with Crippen LogP contribution >= 0.6 is 0 Å². The number of primary amides is 1. The molecule has 2 heterocycles. The molecule has 2 fully saturated rings. The Morgan fingerprint density at radius 2 is 1.93 bits per heavy atom. The monoisotopic (exact) mass is 412 g/mol. The summed E-state index contributed by atoms with van der Waals surface area (Å²) in [5.41, 5.74) is 7.41. The first-order valence-electron chi connectivity index (χ1n) is 10.6. The number of hydrogen-bond donors (Lipinski definition) is 1. The molecule has 5 rings (SSSR count). The van der Waals surface area contributed by atoms with E-state index in [2.05, 4.69) is 24.0 Å². The van der Waals surface area contributed by atoms with Gasteiger partial charge in [-0.3, -0.25) is 0 Å². The minimum absolute atomic E-state index is 0.0816. The predicted molar refractivity (Wildman–Crippen MR) is 109 cm³/mol. The number of aromatic nitrogens is 2. The molecular weight excluding hydrogens is 386 g/mol. The van der Waals surface area contributed by atoms with Crippen LogP contribution in [0.3, 0.4) is 0 Å². The van der Waals surface area contributed by atoms with Crippen molar-refractivity contribution >= 4 is 6.03 Å². The lowest BCUT2D eigenvalue weighted by Crippen LogP contribution is -2.52. The molecule has 2 bridgehead atoms. The Balaban J connectivity index is 1.62. The van der Waals surface area contributed by atoms with E-state index in [-0.39, 0.29) is 40.0 Å². The molecule has 1 saturated heterocycles. The van der Waals surface area contributed by atoms with Gasteiger partial charge in [0.15, 0.2) is 0 Å². The van der Waals surface area contributed by atoms with Crippen LogP contribution in [-0.2, 0) is 5.41 Å². The second kappa shape index (κ2) is 6.46. The predicted octanol–water partition coefficient (Wildman–Crippen LogP) is 4.37. The number of amides is 2. The molecule has 0 spiro atoms. The Morgan fingerprint density at radius 1 is 1.20 bits per heavy atom. The maximum absolute atomic E-state index is 14.4. The number of fused-ring (bicyclic) bond motifs is 5. The van der Waals surface area contributed by atoms with Crippen LogP contribution in [0.1, 0.15) is 56.7 Å². The van der Waals surface area contributed by atoms with Crippen molar-refractivity contribution in [1.82, 2.24) is 15.1 Å². The number of urea groups is 1. The number of halogens is 2. The summed E-state index contributed by atoms with van der Waals surface area (Å²) >= 11 is 0. The molecule has 3 atom stereocenters. The second-order valence-corrected chi connectivity index (χ2v) is 9.54. The van der Waals surface area contributed by atoms with Crippen LogP contribution in [0.4, 0.5) is 13.6 Å². The number of nitrogens with two attached hydrogens (primary N) is 1. The second-order valence-electron chi connectivity index (χ2n) is 9.54. The molecule has 158 valence electrons. The summed E-state index contributed by atoms with van der Waals surface area (Å²) in [6.45, 7) is 5.84. The van der Waals surface area contributed by atoms with Gasteiger partial charge < -0.3 is 10.6 Å². The van der Waals surface area contributed by atoms with Crippen molar-refractivity contribution in [3.63, 3.8) is 0 Å². The van der Waals surface area contributed by atoms with Crippen molar-refractivity contribution in [3.8, 4) is 11.3 Å². The number of carbonyl (C=O) groups is 1. The van der Waals surface area contributed by atoms with Crippen molar-refractivity contribution in [3.05, 3.63) is 47.2 Å². The summed E-state index contributed by atoms with van der Waals surface area (Å²) in [6.07, 6.45) is 3.90. The van der Waals surface area contributed by atoms with Crippen molar-refractivity contribution in [1.29, 1.82) is 0 Å². The van der Waals surface area contributed by atoms with Crippen LogP contribution in [-0.4, -0.2) is 34.2 Å². The lowest BCUT2D eigenvalue weighted by Gasteiger charge is -2.48. The van der Waals surface area contributed by atoms with Crippen LogP contribution in [0, 0.1) is 23.0 Å². The maximum Gasteiger partial charge on any atom is 0.314 e. The first-order chi connectivity index (χ1) is 14.3. The summed E-state index contributed by atoms with van der Waals surface area (Å²) in [6, 6.07) is 5.30. The van der Waals surface area contributed by atoms with Crippen LogP contribution < -0.4 is 5.73 Å². The largest absolute Gasteiger partial charge is 0.351 e. The highest BCUT2D eigenvalue weighted by Gasteiger charge is 2.66. The quantitative estimate of drug-likeness (QED) is 0.796. The summed E-state index contributed by atoms with van der Waals surface area (Å²) in [4.78, 5) is 13.6. The molecule has 1 aromatic heterocycles. The molecule has 0 unspecified atom stereocenters. The maximum atomic E-state index is 14.4. The van der Waals surface area contributed by atoms with E-state index in [1.165, 1.54) is 18.2 Å². The molecule has 0 radical (unpaired) electrons. The molecule has 1 aliphatic heterocycles. The van der Waals surface area contributed by atoms with Crippen LogP contribution in [0.15, 0.2) is 24.3 Å². The van der Waals surface area contributed by atoms with Crippen LogP contribution in [0.25, 0.3) is 11.3 Å². The Kier molecular flexibility index (Phi) is 4.18. The first-order valence-corrected chi connectivity index (χ1v) is 10.6. The van der Waals surface area contributed by atoms with E-state index in [1.54, 1.807) is 4.90 Å². The van der Waals surface area contributed by atoms with Gasteiger partial charge in [-0.1, -0.05) is 19.9 Å². The van der Waals surface area contributed by atoms with Gasteiger partial charge in [-0.05, 0) is 66.7 Å². The average Bonchev–Trinajstić information content (AvgIpc) is 3.09. The molecule has 7 heteroatoms. The summed E-state index contributed by atoms with van der Waals surface area (Å²) in [5.74, 6) is -0.776. The molecule has 2 amide bonds. The van der Waals surface area contributed by atoms with E-state index in [1.807, 2.05) is 6.07 Å². The van der Waals surface area contributed by atoms with Crippen molar-refractivity contribution in [2.45, 2.75) is 50.9 Å². The molecule has 5 nitrogen and oxygen atoms in total. The normalized spacial score (nSPS) is 29.1. The Bertz CT molecular complexity index is 1020. The van der Waals surface area contributed by atoms with Gasteiger partial charge in [0.2, 0.25) is 0 Å². The highest BCUT2D eigenvalue weighted by atomic mass is 19.1. The number of piperidine rings is 1. The van der Waals surface area contributed by atoms with Crippen LogP contribution in [0.2, 0.25) is 0 Å². The minimum Gasteiger partial charge on any atom is -0.351 e. The molecule has 2 aromatic rings. The van der Waals surface area contributed by atoms with Crippen molar-refractivity contribution in [2.75, 3.05) is 13.1 Å². The molecule has 30 heavy (non-hydrogen) atoms. The number of rotatable bonds is 2. The van der Waals surface area contributed by atoms with E-state index < -0.39 is 11.6 Å². The van der Waals surface area contributed by atoms with E-state index >= 15 is 0 Å². The zero-order valence-electron chi connectivity index (χ0n) is 17.3. The summed E-state index contributed by atoms with van der Waals surface area (Å²) in [5, 5.41) is 8.88. The molecule has 1 saturated carbocycles. The van der Waals surface area contributed by atoms with Gasteiger partial charge in [-0.15, -0.1) is 0 Å². The Hall–Kier alpha value is -2.57. The summed E-state index contributed by atoms with van der Waals surface area (Å²) < 4.78 is 28.7. The van der Waals surface area contributed by atoms with Crippen molar-refractivity contribution in [2.24, 2.45) is 17.1 Å². The Labute approximate surface area is 174 Å². The van der Waals surface area contributed by atoms with Gasteiger partial charge in [0.25, 0.3) is 0 Å². The molecule has 2 aliphatic carbocycles. The molecule has 1 aromatic carbocycles. The number of benzene rings is 1. The highest BCUT2D eigenvalue weighted by molar-refractivity contribution is 5.72. The summed E-state index contributed by atoms with van der Waals surface area (Å²) in [7, 11) is 0. The fourth-order valence-electron chi connectivity index (χ4n) is 6.72. The van der Waals surface area contributed by atoms with Crippen molar-refractivity contribution < 1.29 is 13.6 Å². The van der Waals surface area contributed by atoms with Gasteiger partial charge in [0.05, 0.1) is 17.0 Å². The van der Waals surface area contributed by atoms with E-state index in [4.69, 9.17) is 5.73 Å². The Morgan fingerprint density at radius 3 is 2.63 bits per heavy atom. The zero-order valence-corrected chi connectivity index (χ0v) is 17.3. The van der Waals surface area contributed by atoms with Gasteiger partial charge >= 0.3 is 6.03 Å². The third kappa shape index (κ3) is 2.41. The topological polar surface area (TPSA) is 72.1 Å². The minimum atomic E-state index is -0.634. The third-order valence-electron chi connectivity index (χ3n) is 8.12. The molecule has 2 N–H and O–H groups in total. The van der Waals surface area contributed by atoms with Gasteiger partial charge in [-0.2, -0.15) is 10.2 Å². The molecular formula is C23H26F2N4O. The standard InChI is InChI=1S/C23H26F2N4O/c1-22(2)15-8-9-23(22,13-5-4-10-29(12-13)21(26)30)20-14(15)11-18(27-28-20)19-16(24)6-3-7-17(19)25/h3,6-7,11,13,15H,4-5,8-10,12H2,1-2H3,(H2,26,30)/t13-,15-,23-/m0/s1. The molecule has 3 aliphatic rings. The average molecular weight is 412 g/mol. The number of hydrogen-bond acceptors (Lipinski definition) is 3. The lowest BCUT2D eigenvalue weighted by molar-refractivity contribution is 0.0697. The highest BCUT2D eigenvalue weighted by Crippen LogP contribution is 2.70. The fourth-order valence-corrected chi connectivity index (χ4v) is 6.72. The van der Waals surface area contributed by atoms with Gasteiger partial charge in [0, 0.05) is 18.5 Å².